The first-order valence-electron chi connectivity index (χ1n) is 7.62. The zero-order valence-electron chi connectivity index (χ0n) is 14.1. The van der Waals surface area contributed by atoms with Gasteiger partial charge in [0, 0.05) is 11.8 Å². The van der Waals surface area contributed by atoms with E-state index in [9.17, 15) is 26.0 Å². The predicted molar refractivity (Wildman–Crippen MR) is 90.2 cm³/mol. The second kappa shape index (κ2) is 6.49. The summed E-state index contributed by atoms with van der Waals surface area (Å²) in [6, 6.07) is 9.26. The third-order valence-electron chi connectivity index (χ3n) is 3.89. The van der Waals surface area contributed by atoms with Crippen molar-refractivity contribution in [2.45, 2.75) is 18.0 Å². The highest BCUT2D eigenvalue weighted by atomic mass is 32.2. The molecule has 0 spiro atoms. The Morgan fingerprint density at radius 3 is 2.11 bits per heavy atom. The van der Waals surface area contributed by atoms with Gasteiger partial charge in [0.2, 0.25) is 5.76 Å². The molecule has 1 aromatic heterocycles. The number of aryl methyl sites for hydroxylation is 1. The second-order valence-corrected chi connectivity index (χ2v) is 8.00. The molecule has 0 aliphatic rings. The van der Waals surface area contributed by atoms with Gasteiger partial charge in [0.15, 0.2) is 9.84 Å². The summed E-state index contributed by atoms with van der Waals surface area (Å²) in [5.41, 5.74) is 0.481. The quantitative estimate of drug-likeness (QED) is 0.589. The summed E-state index contributed by atoms with van der Waals surface area (Å²) in [4.78, 5) is -0.604. The predicted octanol–water partition coefficient (Wildman–Crippen LogP) is 4.88. The lowest BCUT2D eigenvalue weighted by molar-refractivity contribution is -0.154. The molecule has 0 atom stereocenters. The number of rotatable bonds is 3. The molecule has 0 amide bonds. The SMILES string of the molecule is Cc1ccc(-c2noc(C(F)(F)F)c2-c2ccc(S(C)(=O)=O)c(F)c2)cc1. The van der Waals surface area contributed by atoms with Crippen LogP contribution in [0.1, 0.15) is 11.3 Å². The standard InChI is InChI=1S/C18H13F4NO3S/c1-10-3-5-11(6-4-10)16-15(17(26-23-16)18(20,21)22)12-7-8-14(13(19)9-12)27(2,24)25/h3-9H,1-2H3. The molecule has 9 heteroatoms. The molecule has 0 unspecified atom stereocenters. The number of alkyl halides is 3. The van der Waals surface area contributed by atoms with Crippen molar-refractivity contribution < 1.29 is 30.5 Å². The number of nitrogens with zero attached hydrogens (tertiary/aromatic N) is 1. The van der Waals surface area contributed by atoms with Crippen LogP contribution in [0.4, 0.5) is 17.6 Å². The Labute approximate surface area is 152 Å². The van der Waals surface area contributed by atoms with E-state index in [-0.39, 0.29) is 11.3 Å². The van der Waals surface area contributed by atoms with Gasteiger partial charge in [-0.25, -0.2) is 12.8 Å². The molecule has 0 saturated heterocycles. The minimum atomic E-state index is -4.86. The van der Waals surface area contributed by atoms with Crippen LogP contribution in [-0.2, 0) is 16.0 Å². The van der Waals surface area contributed by atoms with Crippen LogP contribution in [0.25, 0.3) is 22.4 Å². The van der Waals surface area contributed by atoms with E-state index < -0.39 is 38.0 Å². The van der Waals surface area contributed by atoms with E-state index in [2.05, 4.69) is 9.68 Å². The fraction of sp³-hybridized carbons (Fsp3) is 0.167. The van der Waals surface area contributed by atoms with Crippen molar-refractivity contribution in [1.29, 1.82) is 0 Å². The fourth-order valence-electron chi connectivity index (χ4n) is 2.62. The van der Waals surface area contributed by atoms with Crippen LogP contribution in [0.15, 0.2) is 51.9 Å². The summed E-state index contributed by atoms with van der Waals surface area (Å²) in [7, 11) is -3.86. The maximum absolute atomic E-state index is 14.2. The monoisotopic (exact) mass is 399 g/mol. The average Bonchev–Trinajstić information content (AvgIpc) is 2.99. The third-order valence-corrected chi connectivity index (χ3v) is 5.02. The summed E-state index contributed by atoms with van der Waals surface area (Å²) < 4.78 is 82.0. The first-order chi connectivity index (χ1) is 12.5. The van der Waals surface area contributed by atoms with Gasteiger partial charge in [-0.1, -0.05) is 41.1 Å². The molecule has 142 valence electrons. The highest BCUT2D eigenvalue weighted by Gasteiger charge is 2.41. The molecule has 0 aliphatic carbocycles. The molecule has 3 rings (SSSR count). The number of sulfone groups is 1. The zero-order chi connectivity index (χ0) is 20.0. The molecule has 0 aliphatic heterocycles. The van der Waals surface area contributed by atoms with Crippen LogP contribution in [0, 0.1) is 12.7 Å². The summed E-state index contributed by atoms with van der Waals surface area (Å²) in [6.45, 7) is 1.81. The number of hydrogen-bond acceptors (Lipinski definition) is 4. The van der Waals surface area contributed by atoms with Crippen molar-refractivity contribution in [3.05, 3.63) is 59.6 Å². The van der Waals surface area contributed by atoms with Crippen LogP contribution >= 0.6 is 0 Å². The van der Waals surface area contributed by atoms with Crippen LogP contribution in [-0.4, -0.2) is 19.8 Å². The van der Waals surface area contributed by atoms with Crippen LogP contribution < -0.4 is 0 Å². The Morgan fingerprint density at radius 2 is 1.59 bits per heavy atom. The highest BCUT2D eigenvalue weighted by molar-refractivity contribution is 7.90. The molecule has 2 aromatic carbocycles. The number of hydrogen-bond donors (Lipinski definition) is 0. The molecular weight excluding hydrogens is 386 g/mol. The molecule has 0 fully saturated rings. The zero-order valence-corrected chi connectivity index (χ0v) is 15.0. The minimum absolute atomic E-state index is 0.117. The van der Waals surface area contributed by atoms with Gasteiger partial charge in [-0.3, -0.25) is 0 Å². The highest BCUT2D eigenvalue weighted by Crippen LogP contribution is 2.43. The Balaban J connectivity index is 2.26. The topological polar surface area (TPSA) is 60.2 Å². The second-order valence-electron chi connectivity index (χ2n) is 6.02. The lowest BCUT2D eigenvalue weighted by Crippen LogP contribution is -2.06. The first-order valence-corrected chi connectivity index (χ1v) is 9.51. The van der Waals surface area contributed by atoms with Gasteiger partial charge >= 0.3 is 6.18 Å². The lowest BCUT2D eigenvalue weighted by Gasteiger charge is -2.09. The molecule has 1 heterocycles. The fourth-order valence-corrected chi connectivity index (χ4v) is 3.35. The van der Waals surface area contributed by atoms with Gasteiger partial charge in [0.05, 0.1) is 5.56 Å². The molecule has 0 bridgehead atoms. The minimum Gasteiger partial charge on any atom is -0.350 e. The van der Waals surface area contributed by atoms with Crippen molar-refractivity contribution in [1.82, 2.24) is 5.16 Å². The number of aromatic nitrogens is 1. The molecular formula is C18H13F4NO3S. The number of halogens is 4. The molecule has 0 N–H and O–H groups in total. The summed E-state index contributed by atoms with van der Waals surface area (Å²) in [5, 5.41) is 3.52. The van der Waals surface area contributed by atoms with E-state index in [0.717, 1.165) is 30.0 Å². The van der Waals surface area contributed by atoms with Gasteiger partial charge < -0.3 is 4.52 Å². The van der Waals surface area contributed by atoms with Gasteiger partial charge in [-0.15, -0.1) is 0 Å². The molecule has 4 nitrogen and oxygen atoms in total. The van der Waals surface area contributed by atoms with E-state index in [1.54, 1.807) is 24.3 Å². The first kappa shape index (κ1) is 19.1. The summed E-state index contributed by atoms with van der Waals surface area (Å²) >= 11 is 0. The van der Waals surface area contributed by atoms with Gasteiger partial charge in [0.25, 0.3) is 0 Å². The average molecular weight is 399 g/mol. The summed E-state index contributed by atoms with van der Waals surface area (Å²) in [5.74, 6) is -2.54. The Morgan fingerprint density at radius 1 is 1.00 bits per heavy atom. The normalized spacial score (nSPS) is 12.4. The Kier molecular flexibility index (Phi) is 4.59. The molecule has 0 radical (unpaired) electrons. The lowest BCUT2D eigenvalue weighted by atomic mass is 9.98. The maximum Gasteiger partial charge on any atom is 0.453 e. The smallest absolute Gasteiger partial charge is 0.350 e. The van der Waals surface area contributed by atoms with Crippen molar-refractivity contribution in [2.24, 2.45) is 0 Å². The largest absolute Gasteiger partial charge is 0.453 e. The maximum atomic E-state index is 14.2. The van der Waals surface area contributed by atoms with Crippen molar-refractivity contribution >= 4 is 9.84 Å². The van der Waals surface area contributed by atoms with E-state index in [0.29, 0.717) is 5.56 Å². The molecule has 0 saturated carbocycles. The third kappa shape index (κ3) is 3.73. The van der Waals surface area contributed by atoms with Gasteiger partial charge in [-0.2, -0.15) is 13.2 Å². The number of benzene rings is 2. The van der Waals surface area contributed by atoms with Crippen molar-refractivity contribution in [2.75, 3.05) is 6.26 Å². The molecule has 27 heavy (non-hydrogen) atoms. The van der Waals surface area contributed by atoms with Crippen molar-refractivity contribution in [3.8, 4) is 22.4 Å². The molecule has 3 aromatic rings. The van der Waals surface area contributed by atoms with Crippen molar-refractivity contribution in [3.63, 3.8) is 0 Å². The van der Waals surface area contributed by atoms with Crippen LogP contribution in [0.3, 0.4) is 0 Å². The van der Waals surface area contributed by atoms with E-state index in [1.165, 1.54) is 0 Å². The van der Waals surface area contributed by atoms with E-state index >= 15 is 0 Å². The van der Waals surface area contributed by atoms with Crippen LogP contribution in [0.2, 0.25) is 0 Å². The Bertz CT molecular complexity index is 1100. The van der Waals surface area contributed by atoms with E-state index in [1.807, 2.05) is 6.92 Å². The summed E-state index contributed by atoms with van der Waals surface area (Å²) in [6.07, 6.45) is -4.05. The van der Waals surface area contributed by atoms with Crippen LogP contribution in [0.5, 0.6) is 0 Å². The van der Waals surface area contributed by atoms with Gasteiger partial charge in [-0.05, 0) is 24.6 Å². The Hall–Kier alpha value is -2.68. The van der Waals surface area contributed by atoms with Gasteiger partial charge in [0.1, 0.15) is 16.4 Å². The van der Waals surface area contributed by atoms with E-state index in [4.69, 9.17) is 0 Å².